The van der Waals surface area contributed by atoms with Crippen molar-refractivity contribution < 1.29 is 13.2 Å². The van der Waals surface area contributed by atoms with Gasteiger partial charge in [0.25, 0.3) is 0 Å². The summed E-state index contributed by atoms with van der Waals surface area (Å²) in [6.07, 6.45) is 3.72. The van der Waals surface area contributed by atoms with E-state index in [1.165, 1.54) is 0 Å². The van der Waals surface area contributed by atoms with Crippen molar-refractivity contribution in [1.29, 1.82) is 0 Å². The standard InChI is InChI=1S/C11H14ClNO2S.C11H14N4O/c12-10-4-6-11(7-5-10)16(14,15)13-8-2-1-3-9-13;1-12-11(16)13-7-6-10-14-8-4-2-3-5-9(8)15-10/h4-7H,1-3,8-9H2;2-5H,6-7H2,1H3,(H,14,15)(H2,12,13,16). The van der Waals surface area contributed by atoms with Gasteiger partial charge in [0, 0.05) is 38.1 Å². The number of halogens is 1. The lowest BCUT2D eigenvalue weighted by Gasteiger charge is -2.25. The minimum absolute atomic E-state index is 0.170. The first-order chi connectivity index (χ1) is 15.4. The first-order valence-corrected chi connectivity index (χ1v) is 12.4. The first kappa shape index (κ1) is 24.0. The molecule has 3 aromatic rings. The van der Waals surface area contributed by atoms with Crippen LogP contribution >= 0.6 is 11.6 Å². The van der Waals surface area contributed by atoms with Gasteiger partial charge < -0.3 is 15.6 Å². The summed E-state index contributed by atoms with van der Waals surface area (Å²) >= 11 is 5.74. The quantitative estimate of drug-likeness (QED) is 0.522. The van der Waals surface area contributed by atoms with Gasteiger partial charge in [-0.3, -0.25) is 0 Å². The monoisotopic (exact) mass is 477 g/mol. The minimum atomic E-state index is -3.30. The molecular formula is C22H28ClN5O3S. The zero-order valence-corrected chi connectivity index (χ0v) is 19.5. The molecule has 172 valence electrons. The van der Waals surface area contributed by atoms with E-state index >= 15 is 0 Å². The van der Waals surface area contributed by atoms with Crippen molar-refractivity contribution in [2.45, 2.75) is 30.6 Å². The highest BCUT2D eigenvalue weighted by Crippen LogP contribution is 2.21. The molecule has 8 nitrogen and oxygen atoms in total. The molecule has 1 aliphatic rings. The van der Waals surface area contributed by atoms with Crippen LogP contribution in [-0.4, -0.2) is 55.4 Å². The van der Waals surface area contributed by atoms with E-state index in [1.54, 1.807) is 35.6 Å². The SMILES string of the molecule is CNC(=O)NCCc1nc2ccccc2[nH]1.O=S(=O)(c1ccc(Cl)cc1)N1CCCCC1. The first-order valence-electron chi connectivity index (χ1n) is 10.5. The van der Waals surface area contributed by atoms with Crippen molar-refractivity contribution >= 4 is 38.7 Å². The molecule has 0 atom stereocenters. The van der Waals surface area contributed by atoms with Crippen LogP contribution in [0.1, 0.15) is 25.1 Å². The van der Waals surface area contributed by atoms with E-state index in [4.69, 9.17) is 11.6 Å². The zero-order chi connectivity index (χ0) is 23.0. The predicted molar refractivity (Wildman–Crippen MR) is 126 cm³/mol. The number of H-pyrrole nitrogens is 1. The van der Waals surface area contributed by atoms with Gasteiger partial charge in [0.2, 0.25) is 10.0 Å². The number of urea groups is 1. The molecule has 0 aliphatic carbocycles. The number of benzene rings is 2. The van der Waals surface area contributed by atoms with Gasteiger partial charge in [0.1, 0.15) is 5.82 Å². The second-order valence-corrected chi connectivity index (χ2v) is 9.75. The third-order valence-corrected chi connectivity index (χ3v) is 7.24. The summed E-state index contributed by atoms with van der Waals surface area (Å²) in [4.78, 5) is 18.9. The molecule has 10 heteroatoms. The van der Waals surface area contributed by atoms with Crippen molar-refractivity contribution in [1.82, 2.24) is 24.9 Å². The number of carbonyl (C=O) groups excluding carboxylic acids is 1. The molecule has 1 aliphatic heterocycles. The van der Waals surface area contributed by atoms with E-state index in [1.807, 2.05) is 24.3 Å². The molecule has 2 aromatic carbocycles. The molecule has 3 N–H and O–H groups in total. The maximum Gasteiger partial charge on any atom is 0.314 e. The Morgan fingerprint density at radius 3 is 2.44 bits per heavy atom. The summed E-state index contributed by atoms with van der Waals surface area (Å²) < 4.78 is 25.9. The number of nitrogens with zero attached hydrogens (tertiary/aromatic N) is 2. The maximum absolute atomic E-state index is 12.2. The maximum atomic E-state index is 12.2. The number of carbonyl (C=O) groups is 1. The molecule has 0 saturated carbocycles. The number of aromatic amines is 1. The highest BCUT2D eigenvalue weighted by molar-refractivity contribution is 7.89. The van der Waals surface area contributed by atoms with Crippen LogP contribution in [-0.2, 0) is 16.4 Å². The number of piperidine rings is 1. The molecule has 1 aromatic heterocycles. The summed E-state index contributed by atoms with van der Waals surface area (Å²) in [5.41, 5.74) is 1.98. The largest absolute Gasteiger partial charge is 0.342 e. The van der Waals surface area contributed by atoms with Crippen molar-refractivity contribution in [3.05, 3.63) is 59.4 Å². The van der Waals surface area contributed by atoms with Gasteiger partial charge in [-0.25, -0.2) is 18.2 Å². The fourth-order valence-electron chi connectivity index (χ4n) is 3.37. The third-order valence-electron chi connectivity index (χ3n) is 5.08. The van der Waals surface area contributed by atoms with Crippen molar-refractivity contribution in [2.24, 2.45) is 0 Å². The summed E-state index contributed by atoms with van der Waals surface area (Å²) in [5.74, 6) is 0.887. The van der Waals surface area contributed by atoms with Gasteiger partial charge >= 0.3 is 6.03 Å². The summed E-state index contributed by atoms with van der Waals surface area (Å²) in [6.45, 7) is 1.83. The molecule has 0 spiro atoms. The Labute approximate surface area is 193 Å². The van der Waals surface area contributed by atoms with E-state index in [9.17, 15) is 13.2 Å². The molecule has 1 fully saturated rings. The van der Waals surface area contributed by atoms with Gasteiger partial charge in [0.15, 0.2) is 0 Å². The van der Waals surface area contributed by atoms with Gasteiger partial charge in [-0.15, -0.1) is 0 Å². The number of fused-ring (bicyclic) bond motifs is 1. The number of para-hydroxylation sites is 2. The van der Waals surface area contributed by atoms with Crippen molar-refractivity contribution in [2.75, 3.05) is 26.7 Å². The summed E-state index contributed by atoms with van der Waals surface area (Å²) in [7, 11) is -1.71. The molecule has 2 amide bonds. The number of imidazole rings is 1. The van der Waals surface area contributed by atoms with E-state index in [0.717, 1.165) is 36.1 Å². The van der Waals surface area contributed by atoms with Crippen LogP contribution in [0.4, 0.5) is 4.79 Å². The fraction of sp³-hybridized carbons (Fsp3) is 0.364. The second kappa shape index (κ2) is 11.3. The number of sulfonamides is 1. The Bertz CT molecular complexity index is 1090. The fourth-order valence-corrected chi connectivity index (χ4v) is 5.01. The summed E-state index contributed by atoms with van der Waals surface area (Å²) in [5, 5.41) is 5.77. The number of aromatic nitrogens is 2. The second-order valence-electron chi connectivity index (χ2n) is 7.38. The molecule has 2 heterocycles. The Balaban J connectivity index is 0.000000181. The van der Waals surface area contributed by atoms with Gasteiger partial charge in [-0.1, -0.05) is 30.2 Å². The predicted octanol–water partition coefficient (Wildman–Crippen LogP) is 3.55. The lowest BCUT2D eigenvalue weighted by atomic mass is 10.2. The Hall–Kier alpha value is -2.62. The van der Waals surface area contributed by atoms with E-state index < -0.39 is 10.0 Å². The highest BCUT2D eigenvalue weighted by atomic mass is 35.5. The topological polar surface area (TPSA) is 107 Å². The molecule has 0 radical (unpaired) electrons. The van der Waals surface area contributed by atoms with E-state index in [0.29, 0.717) is 36.0 Å². The van der Waals surface area contributed by atoms with Crippen LogP contribution in [0.3, 0.4) is 0 Å². The summed E-state index contributed by atoms with van der Waals surface area (Å²) in [6, 6.07) is 14.0. The molecule has 32 heavy (non-hydrogen) atoms. The van der Waals surface area contributed by atoms with E-state index in [2.05, 4.69) is 20.6 Å². The average Bonchev–Trinajstić information content (AvgIpc) is 3.23. The highest BCUT2D eigenvalue weighted by Gasteiger charge is 2.25. The van der Waals surface area contributed by atoms with Crippen LogP contribution in [0.15, 0.2) is 53.4 Å². The molecule has 4 rings (SSSR count). The number of amides is 2. The number of rotatable bonds is 5. The van der Waals surface area contributed by atoms with Gasteiger partial charge in [0.05, 0.1) is 15.9 Å². The molecular weight excluding hydrogens is 450 g/mol. The molecule has 1 saturated heterocycles. The Morgan fingerprint density at radius 1 is 1.09 bits per heavy atom. The lowest BCUT2D eigenvalue weighted by molar-refractivity contribution is 0.243. The average molecular weight is 478 g/mol. The smallest absolute Gasteiger partial charge is 0.314 e. The minimum Gasteiger partial charge on any atom is -0.342 e. The van der Waals surface area contributed by atoms with Gasteiger partial charge in [-0.2, -0.15) is 4.31 Å². The number of nitrogens with one attached hydrogen (secondary N) is 3. The van der Waals surface area contributed by atoms with E-state index in [-0.39, 0.29) is 6.03 Å². The van der Waals surface area contributed by atoms with Crippen LogP contribution in [0.2, 0.25) is 5.02 Å². The number of hydrogen-bond acceptors (Lipinski definition) is 4. The van der Waals surface area contributed by atoms with Crippen LogP contribution in [0.25, 0.3) is 11.0 Å². The third kappa shape index (κ3) is 6.44. The zero-order valence-electron chi connectivity index (χ0n) is 18.0. The molecule has 0 bridgehead atoms. The Morgan fingerprint density at radius 2 is 1.78 bits per heavy atom. The Kier molecular flexibility index (Phi) is 8.49. The van der Waals surface area contributed by atoms with Crippen molar-refractivity contribution in [3.8, 4) is 0 Å². The van der Waals surface area contributed by atoms with Crippen LogP contribution in [0, 0.1) is 0 Å². The number of hydrogen-bond donors (Lipinski definition) is 3. The lowest BCUT2D eigenvalue weighted by Crippen LogP contribution is -2.35. The molecule has 0 unspecified atom stereocenters. The van der Waals surface area contributed by atoms with Crippen LogP contribution < -0.4 is 10.6 Å². The normalized spacial score (nSPS) is 14.4. The van der Waals surface area contributed by atoms with Crippen molar-refractivity contribution in [3.63, 3.8) is 0 Å². The van der Waals surface area contributed by atoms with Gasteiger partial charge in [-0.05, 0) is 49.2 Å². The van der Waals surface area contributed by atoms with Crippen LogP contribution in [0.5, 0.6) is 0 Å².